The fourth-order valence-electron chi connectivity index (χ4n) is 4.46. The summed E-state index contributed by atoms with van der Waals surface area (Å²) in [5, 5.41) is 13.1. The zero-order valence-electron chi connectivity index (χ0n) is 17.7. The van der Waals surface area contributed by atoms with Crippen molar-refractivity contribution in [2.45, 2.75) is 26.2 Å². The van der Waals surface area contributed by atoms with E-state index in [4.69, 9.17) is 10.5 Å². The third-order valence-electron chi connectivity index (χ3n) is 6.34. The van der Waals surface area contributed by atoms with E-state index in [0.29, 0.717) is 17.1 Å². The molecule has 2 aromatic heterocycles. The van der Waals surface area contributed by atoms with Crippen LogP contribution in [0.4, 0.5) is 24.8 Å². The van der Waals surface area contributed by atoms with Gasteiger partial charge in [-0.05, 0) is 37.1 Å². The molecule has 1 atom stereocenters. The summed E-state index contributed by atoms with van der Waals surface area (Å²) in [5.74, 6) is 1.22. The molecule has 5 rings (SSSR count). The molecule has 2 fully saturated rings. The predicted molar refractivity (Wildman–Crippen MR) is 114 cm³/mol. The van der Waals surface area contributed by atoms with Crippen LogP contribution in [0.1, 0.15) is 28.6 Å². The molecule has 1 spiro atoms. The lowest BCUT2D eigenvalue weighted by molar-refractivity contribution is -0.138. The molecule has 2 saturated heterocycles. The molecule has 0 amide bonds. The molecule has 3 aromatic rings. The topological polar surface area (TPSA) is 89.2 Å². The molecule has 7 nitrogen and oxygen atoms in total. The van der Waals surface area contributed by atoms with Crippen LogP contribution < -0.4 is 16.0 Å². The van der Waals surface area contributed by atoms with Crippen molar-refractivity contribution in [3.63, 3.8) is 0 Å². The number of fused-ring (bicyclic) bond motifs is 1. The van der Waals surface area contributed by atoms with Gasteiger partial charge in [0.1, 0.15) is 12.0 Å². The van der Waals surface area contributed by atoms with Gasteiger partial charge in [0.15, 0.2) is 5.82 Å². The number of nitrogens with one attached hydrogen (secondary N) is 1. The van der Waals surface area contributed by atoms with Crippen molar-refractivity contribution in [3.05, 3.63) is 52.8 Å². The van der Waals surface area contributed by atoms with Gasteiger partial charge in [0, 0.05) is 30.1 Å². The second-order valence-corrected chi connectivity index (χ2v) is 8.71. The van der Waals surface area contributed by atoms with E-state index in [1.165, 1.54) is 13.0 Å². The van der Waals surface area contributed by atoms with Gasteiger partial charge >= 0.3 is 6.18 Å². The molecule has 2 aliphatic heterocycles. The number of nitrogens with two attached hydrogens (primary N) is 1. The fraction of sp³-hybridized carbons (Fsp3) is 0.409. The predicted octanol–water partition coefficient (Wildman–Crippen LogP) is 3.57. The molecule has 0 saturated carbocycles. The van der Waals surface area contributed by atoms with Gasteiger partial charge in [-0.3, -0.25) is 0 Å². The number of alkyl halides is 3. The lowest BCUT2D eigenvalue weighted by Crippen LogP contribution is -2.66. The summed E-state index contributed by atoms with van der Waals surface area (Å²) < 4.78 is 45.3. The highest BCUT2D eigenvalue weighted by atomic mass is 19.4. The number of pyridine rings is 1. The van der Waals surface area contributed by atoms with E-state index in [1.807, 2.05) is 13.0 Å². The van der Waals surface area contributed by atoms with E-state index in [0.717, 1.165) is 49.0 Å². The Morgan fingerprint density at radius 3 is 2.56 bits per heavy atom. The number of ether oxygens (including phenoxy) is 1. The van der Waals surface area contributed by atoms with E-state index < -0.39 is 17.9 Å². The molecule has 0 bridgehead atoms. The average Bonchev–Trinajstić information content (AvgIpc) is 2.67. The Morgan fingerprint density at radius 1 is 1.16 bits per heavy atom. The quantitative estimate of drug-likeness (QED) is 0.595. The summed E-state index contributed by atoms with van der Waals surface area (Å²) >= 11 is 0. The Labute approximate surface area is 182 Å². The minimum Gasteiger partial charge on any atom is -0.380 e. The second kappa shape index (κ2) is 7.28. The number of hydrogen-bond acceptors (Lipinski definition) is 7. The smallest absolute Gasteiger partial charge is 0.380 e. The summed E-state index contributed by atoms with van der Waals surface area (Å²) in [6.45, 7) is 6.58. The van der Waals surface area contributed by atoms with Crippen LogP contribution in [0.25, 0.3) is 10.8 Å². The van der Waals surface area contributed by atoms with E-state index in [-0.39, 0.29) is 11.0 Å². The second-order valence-electron chi connectivity index (χ2n) is 8.71. The molecule has 0 aliphatic carbocycles. The third kappa shape index (κ3) is 3.43. The van der Waals surface area contributed by atoms with Gasteiger partial charge in [0.05, 0.1) is 29.9 Å². The molecule has 1 aromatic carbocycles. The number of benzene rings is 1. The number of halogens is 3. The molecule has 10 heteroatoms. The first kappa shape index (κ1) is 20.9. The van der Waals surface area contributed by atoms with E-state index >= 15 is 0 Å². The minimum atomic E-state index is -4.45. The first-order chi connectivity index (χ1) is 15.2. The van der Waals surface area contributed by atoms with Crippen LogP contribution >= 0.6 is 0 Å². The molecular weight excluding hydrogens is 421 g/mol. The first-order valence-electron chi connectivity index (χ1n) is 10.3. The van der Waals surface area contributed by atoms with E-state index in [9.17, 15) is 13.2 Å². The van der Waals surface area contributed by atoms with E-state index in [2.05, 4.69) is 25.4 Å². The van der Waals surface area contributed by atoms with Crippen LogP contribution in [-0.2, 0) is 10.9 Å². The van der Waals surface area contributed by atoms with E-state index in [1.54, 1.807) is 12.3 Å². The Morgan fingerprint density at radius 2 is 1.91 bits per heavy atom. The standard InChI is InChI=1S/C22H23F3N6O/c1-12-14(4-3-5-17(12)22(23,24)25)19(26)28-20-15-6-18(27-7-16(15)13(2)29-30-20)31-8-21(9-31)10-32-11-21/h3-7,19H,8-11,26H2,1-2H3,(H,28,30)/t19-/m0/s1. The van der Waals surface area contributed by atoms with Crippen LogP contribution in [0.2, 0.25) is 0 Å². The maximum absolute atomic E-state index is 13.3. The van der Waals surface area contributed by atoms with Crippen LogP contribution in [0.3, 0.4) is 0 Å². The lowest BCUT2D eigenvalue weighted by atomic mass is 9.78. The van der Waals surface area contributed by atoms with Gasteiger partial charge in [-0.1, -0.05) is 12.1 Å². The van der Waals surface area contributed by atoms with Gasteiger partial charge in [-0.25, -0.2) is 4.98 Å². The number of rotatable bonds is 4. The monoisotopic (exact) mass is 444 g/mol. The molecule has 3 N–H and O–H groups in total. The van der Waals surface area contributed by atoms with Crippen LogP contribution in [0, 0.1) is 19.3 Å². The number of aromatic nitrogens is 3. The maximum atomic E-state index is 13.3. The largest absolute Gasteiger partial charge is 0.416 e. The van der Waals surface area contributed by atoms with Gasteiger partial charge in [0.25, 0.3) is 0 Å². The van der Waals surface area contributed by atoms with Crippen molar-refractivity contribution in [2.24, 2.45) is 11.1 Å². The van der Waals surface area contributed by atoms with Gasteiger partial charge < -0.3 is 20.7 Å². The molecule has 0 unspecified atom stereocenters. The molecule has 0 radical (unpaired) electrons. The summed E-state index contributed by atoms with van der Waals surface area (Å²) in [6, 6.07) is 5.92. The van der Waals surface area contributed by atoms with Gasteiger partial charge in [0.2, 0.25) is 0 Å². The summed E-state index contributed by atoms with van der Waals surface area (Å²) in [6.07, 6.45) is -3.59. The number of aryl methyl sites for hydroxylation is 1. The fourth-order valence-corrected chi connectivity index (χ4v) is 4.46. The number of anilines is 2. The Kier molecular flexibility index (Phi) is 4.75. The lowest BCUT2D eigenvalue weighted by Gasteiger charge is -2.55. The SMILES string of the molecule is Cc1c([C@@H](N)Nc2nnc(C)c3cnc(N4CC5(COC5)C4)cc23)cccc1C(F)(F)F. The van der Waals surface area contributed by atoms with Gasteiger partial charge in [-0.2, -0.15) is 18.3 Å². The van der Waals surface area contributed by atoms with Crippen molar-refractivity contribution in [1.29, 1.82) is 0 Å². The highest BCUT2D eigenvalue weighted by Crippen LogP contribution is 2.40. The zero-order valence-corrected chi connectivity index (χ0v) is 17.7. The van der Waals surface area contributed by atoms with Crippen molar-refractivity contribution in [2.75, 3.05) is 36.5 Å². The summed E-state index contributed by atoms with van der Waals surface area (Å²) in [4.78, 5) is 6.76. The van der Waals surface area contributed by atoms with Crippen molar-refractivity contribution < 1.29 is 17.9 Å². The third-order valence-corrected chi connectivity index (χ3v) is 6.34. The van der Waals surface area contributed by atoms with Crippen molar-refractivity contribution in [1.82, 2.24) is 15.2 Å². The normalized spacial score (nSPS) is 18.4. The minimum absolute atomic E-state index is 0.0836. The molecular formula is C22H23F3N6O. The molecule has 168 valence electrons. The van der Waals surface area contributed by atoms with Gasteiger partial charge in [-0.15, -0.1) is 5.10 Å². The maximum Gasteiger partial charge on any atom is 0.416 e. The highest BCUT2D eigenvalue weighted by molar-refractivity contribution is 5.94. The van der Waals surface area contributed by atoms with Crippen LogP contribution in [-0.4, -0.2) is 41.5 Å². The van der Waals surface area contributed by atoms with Crippen LogP contribution in [0.15, 0.2) is 30.5 Å². The molecule has 32 heavy (non-hydrogen) atoms. The van der Waals surface area contributed by atoms with Crippen molar-refractivity contribution >= 4 is 22.4 Å². The number of nitrogens with zero attached hydrogens (tertiary/aromatic N) is 4. The Balaban J connectivity index is 1.46. The van der Waals surface area contributed by atoms with Crippen LogP contribution in [0.5, 0.6) is 0 Å². The zero-order chi connectivity index (χ0) is 22.7. The summed E-state index contributed by atoms with van der Waals surface area (Å²) in [7, 11) is 0. The average molecular weight is 444 g/mol. The highest BCUT2D eigenvalue weighted by Gasteiger charge is 2.49. The number of hydrogen-bond donors (Lipinski definition) is 2. The molecule has 2 aliphatic rings. The van der Waals surface area contributed by atoms with Crippen molar-refractivity contribution in [3.8, 4) is 0 Å². The Hall–Kier alpha value is -2.98. The summed E-state index contributed by atoms with van der Waals surface area (Å²) in [5.41, 5.74) is 6.96. The first-order valence-corrected chi connectivity index (χ1v) is 10.3. The molecule has 4 heterocycles. The Bertz CT molecular complexity index is 1190.